The van der Waals surface area contributed by atoms with Crippen LogP contribution in [0.4, 0.5) is 5.69 Å². The molecule has 0 heterocycles. The van der Waals surface area contributed by atoms with E-state index in [0.29, 0.717) is 11.3 Å². The van der Waals surface area contributed by atoms with Crippen molar-refractivity contribution >= 4 is 21.6 Å². The van der Waals surface area contributed by atoms with Crippen LogP contribution in [0.5, 0.6) is 0 Å². The van der Waals surface area contributed by atoms with Gasteiger partial charge in [0.2, 0.25) is 10.0 Å². The molecule has 0 aliphatic heterocycles. The van der Waals surface area contributed by atoms with Crippen molar-refractivity contribution in [3.63, 3.8) is 0 Å². The predicted molar refractivity (Wildman–Crippen MR) is 116 cm³/mol. The number of carbonyl (C=O) groups excluding carboxylic acids is 1. The van der Waals surface area contributed by atoms with Gasteiger partial charge in [-0.1, -0.05) is 66.7 Å². The normalized spacial score (nSPS) is 11.3. The number of sulfonamides is 1. The van der Waals surface area contributed by atoms with E-state index in [9.17, 15) is 13.2 Å². The van der Waals surface area contributed by atoms with Crippen molar-refractivity contribution in [3.8, 4) is 0 Å². The van der Waals surface area contributed by atoms with Gasteiger partial charge in [-0.2, -0.15) is 0 Å². The molecule has 1 N–H and O–H groups in total. The highest BCUT2D eigenvalue weighted by Gasteiger charge is 2.20. The minimum absolute atomic E-state index is 0.00991. The van der Waals surface area contributed by atoms with Crippen molar-refractivity contribution in [3.05, 3.63) is 102 Å². The molecule has 0 spiro atoms. The lowest BCUT2D eigenvalue weighted by Crippen LogP contribution is -2.30. The smallest absolute Gasteiger partial charge is 0.252 e. The molecule has 5 nitrogen and oxygen atoms in total. The van der Waals surface area contributed by atoms with Gasteiger partial charge in [-0.25, -0.2) is 8.42 Å². The Morgan fingerprint density at radius 2 is 1.45 bits per heavy atom. The molecule has 0 saturated heterocycles. The average molecular weight is 409 g/mol. The van der Waals surface area contributed by atoms with Crippen molar-refractivity contribution in [2.45, 2.75) is 13.0 Å². The zero-order chi connectivity index (χ0) is 20.9. The van der Waals surface area contributed by atoms with Gasteiger partial charge in [0.15, 0.2) is 0 Å². The Bertz CT molecular complexity index is 1030. The van der Waals surface area contributed by atoms with E-state index in [1.807, 2.05) is 60.7 Å². The molecule has 0 atom stereocenters. The van der Waals surface area contributed by atoms with Crippen LogP contribution in [0.1, 0.15) is 34.5 Å². The Balaban J connectivity index is 1.90. The lowest BCUT2D eigenvalue weighted by Gasteiger charge is -2.21. The fraction of sp³-hybridized carbons (Fsp3) is 0.174. The van der Waals surface area contributed by atoms with Gasteiger partial charge >= 0.3 is 0 Å². The van der Waals surface area contributed by atoms with Crippen LogP contribution in [0, 0.1) is 0 Å². The van der Waals surface area contributed by atoms with Crippen LogP contribution in [0.2, 0.25) is 0 Å². The van der Waals surface area contributed by atoms with E-state index < -0.39 is 10.0 Å². The predicted octanol–water partition coefficient (Wildman–Crippen LogP) is 3.99. The Labute approximate surface area is 172 Å². The molecule has 1 amide bonds. The standard InChI is InChI=1S/C23H24N2O3S/c1-3-29(27,28)25(2)21-16-10-15-20(17-21)23(26)24-22(18-11-6-4-7-12-18)19-13-8-5-9-14-19/h4-17,22H,3H2,1-2H3,(H,24,26). The summed E-state index contributed by atoms with van der Waals surface area (Å²) in [7, 11) is -1.91. The first-order valence-corrected chi connectivity index (χ1v) is 11.0. The summed E-state index contributed by atoms with van der Waals surface area (Å²) in [4.78, 5) is 13.0. The van der Waals surface area contributed by atoms with Crippen molar-refractivity contribution in [1.29, 1.82) is 0 Å². The van der Waals surface area contributed by atoms with Crippen LogP contribution >= 0.6 is 0 Å². The molecule has 3 rings (SSSR count). The summed E-state index contributed by atoms with van der Waals surface area (Å²) in [5, 5.41) is 3.08. The number of nitrogens with zero attached hydrogens (tertiary/aromatic N) is 1. The number of carbonyl (C=O) groups is 1. The maximum absolute atomic E-state index is 13.0. The molecule has 0 unspecified atom stereocenters. The number of hydrogen-bond donors (Lipinski definition) is 1. The molecule has 6 heteroatoms. The third-order valence-corrected chi connectivity index (χ3v) is 6.57. The Morgan fingerprint density at radius 3 is 1.97 bits per heavy atom. The first kappa shape index (κ1) is 20.6. The van der Waals surface area contributed by atoms with Crippen LogP contribution < -0.4 is 9.62 Å². The molecule has 0 fully saturated rings. The highest BCUT2D eigenvalue weighted by molar-refractivity contribution is 7.92. The molecule has 0 radical (unpaired) electrons. The minimum Gasteiger partial charge on any atom is -0.341 e. The Kier molecular flexibility index (Phi) is 6.34. The van der Waals surface area contributed by atoms with Crippen molar-refractivity contribution < 1.29 is 13.2 Å². The molecule has 150 valence electrons. The maximum atomic E-state index is 13.0. The van der Waals surface area contributed by atoms with Gasteiger partial charge < -0.3 is 5.32 Å². The first-order chi connectivity index (χ1) is 13.9. The minimum atomic E-state index is -3.40. The van der Waals surface area contributed by atoms with Crippen LogP contribution in [0.3, 0.4) is 0 Å². The van der Waals surface area contributed by atoms with Gasteiger partial charge in [0.05, 0.1) is 17.5 Å². The van der Waals surface area contributed by atoms with Gasteiger partial charge in [-0.3, -0.25) is 9.10 Å². The second-order valence-corrected chi connectivity index (χ2v) is 8.94. The summed E-state index contributed by atoms with van der Waals surface area (Å²) < 4.78 is 25.5. The number of rotatable bonds is 7. The summed E-state index contributed by atoms with van der Waals surface area (Å²) in [5.41, 5.74) is 2.79. The van der Waals surface area contributed by atoms with Crippen LogP contribution in [-0.4, -0.2) is 27.1 Å². The van der Waals surface area contributed by atoms with Crippen LogP contribution in [0.15, 0.2) is 84.9 Å². The first-order valence-electron chi connectivity index (χ1n) is 9.40. The molecular formula is C23H24N2O3S. The summed E-state index contributed by atoms with van der Waals surface area (Å²) in [6.07, 6.45) is 0. The van der Waals surface area contributed by atoms with E-state index in [1.165, 1.54) is 11.4 Å². The maximum Gasteiger partial charge on any atom is 0.252 e. The third-order valence-electron chi connectivity index (χ3n) is 4.80. The van der Waals surface area contributed by atoms with Gasteiger partial charge in [0.1, 0.15) is 0 Å². The monoisotopic (exact) mass is 408 g/mol. The van der Waals surface area contributed by atoms with E-state index in [4.69, 9.17) is 0 Å². The van der Waals surface area contributed by atoms with E-state index in [2.05, 4.69) is 5.32 Å². The second-order valence-electron chi connectivity index (χ2n) is 6.65. The molecular weight excluding hydrogens is 384 g/mol. The molecule has 0 saturated carbocycles. The molecule has 0 bridgehead atoms. The van der Waals surface area contributed by atoms with Gasteiger partial charge in [-0.15, -0.1) is 0 Å². The highest BCUT2D eigenvalue weighted by atomic mass is 32.2. The van der Waals surface area contributed by atoms with Crippen molar-refractivity contribution in [1.82, 2.24) is 5.32 Å². The largest absolute Gasteiger partial charge is 0.341 e. The lowest BCUT2D eigenvalue weighted by atomic mass is 9.98. The third kappa shape index (κ3) is 4.84. The summed E-state index contributed by atoms with van der Waals surface area (Å²) in [5.74, 6) is -0.281. The topological polar surface area (TPSA) is 66.5 Å². The fourth-order valence-corrected chi connectivity index (χ4v) is 3.88. The Hall–Kier alpha value is -3.12. The molecule has 0 aromatic heterocycles. The molecule has 0 aliphatic rings. The molecule has 29 heavy (non-hydrogen) atoms. The van der Waals surface area contributed by atoms with Crippen molar-refractivity contribution in [2.24, 2.45) is 0 Å². The van der Waals surface area contributed by atoms with Gasteiger partial charge in [-0.05, 0) is 36.2 Å². The molecule has 3 aromatic rings. The van der Waals surface area contributed by atoms with Crippen molar-refractivity contribution in [2.75, 3.05) is 17.1 Å². The van der Waals surface area contributed by atoms with Gasteiger partial charge in [0, 0.05) is 12.6 Å². The summed E-state index contributed by atoms with van der Waals surface area (Å²) >= 11 is 0. The summed E-state index contributed by atoms with van der Waals surface area (Å²) in [6.45, 7) is 1.59. The van der Waals surface area contributed by atoms with Gasteiger partial charge in [0.25, 0.3) is 5.91 Å². The van der Waals surface area contributed by atoms with E-state index in [0.717, 1.165) is 11.1 Å². The molecule has 0 aliphatic carbocycles. The number of amides is 1. The SMILES string of the molecule is CCS(=O)(=O)N(C)c1cccc(C(=O)NC(c2ccccc2)c2ccccc2)c1. The highest BCUT2D eigenvalue weighted by Crippen LogP contribution is 2.23. The van der Waals surface area contributed by atoms with Crippen LogP contribution in [0.25, 0.3) is 0 Å². The number of benzene rings is 3. The quantitative estimate of drug-likeness (QED) is 0.643. The average Bonchev–Trinajstić information content (AvgIpc) is 2.78. The number of nitrogens with one attached hydrogen (secondary N) is 1. The van der Waals surface area contributed by atoms with Crippen LogP contribution in [-0.2, 0) is 10.0 Å². The molecule has 3 aromatic carbocycles. The Morgan fingerprint density at radius 1 is 0.897 bits per heavy atom. The van der Waals surface area contributed by atoms with E-state index >= 15 is 0 Å². The zero-order valence-corrected chi connectivity index (χ0v) is 17.3. The fourth-order valence-electron chi connectivity index (χ4n) is 3.06. The second kappa shape index (κ2) is 8.92. The summed E-state index contributed by atoms with van der Waals surface area (Å²) in [6, 6.07) is 25.8. The van der Waals surface area contributed by atoms with E-state index in [-0.39, 0.29) is 17.7 Å². The zero-order valence-electron chi connectivity index (χ0n) is 16.4. The lowest BCUT2D eigenvalue weighted by molar-refractivity contribution is 0.0943. The van der Waals surface area contributed by atoms with E-state index in [1.54, 1.807) is 31.2 Å². The number of hydrogen-bond acceptors (Lipinski definition) is 3. The number of anilines is 1.